The quantitative estimate of drug-likeness (QED) is 0.640. The van der Waals surface area contributed by atoms with Gasteiger partial charge in [0, 0.05) is 13.1 Å². The van der Waals surface area contributed by atoms with Crippen molar-refractivity contribution in [2.75, 3.05) is 26.2 Å². The number of likely N-dealkylation sites (tertiary alicyclic amines) is 1. The van der Waals surface area contributed by atoms with Gasteiger partial charge in [0.1, 0.15) is 0 Å². The van der Waals surface area contributed by atoms with Crippen LogP contribution in [0.2, 0.25) is 0 Å². The van der Waals surface area contributed by atoms with Crippen molar-refractivity contribution in [1.82, 2.24) is 4.90 Å². The molecule has 1 atom stereocenters. The molecule has 0 bridgehead atoms. The topological polar surface area (TPSA) is 29.3 Å². The molecule has 1 aliphatic heterocycles. The highest BCUT2D eigenvalue weighted by Gasteiger charge is 2.19. The monoisotopic (exact) mass is 168 g/mol. The molecule has 2 heteroatoms. The summed E-state index contributed by atoms with van der Waals surface area (Å²) in [4.78, 5) is 2.51. The molecular weight excluding hydrogens is 148 g/mol. The van der Waals surface area contributed by atoms with Gasteiger partial charge in [-0.1, -0.05) is 19.1 Å². The molecule has 0 aromatic rings. The number of nitrogens with zero attached hydrogens (tertiary/aromatic N) is 1. The summed E-state index contributed by atoms with van der Waals surface area (Å²) in [6.07, 6.45) is 6.87. The summed E-state index contributed by atoms with van der Waals surface area (Å²) < 4.78 is 0. The fourth-order valence-electron chi connectivity index (χ4n) is 1.78. The summed E-state index contributed by atoms with van der Waals surface area (Å²) in [6.45, 7) is 6.70. The van der Waals surface area contributed by atoms with Crippen molar-refractivity contribution in [1.29, 1.82) is 0 Å². The molecule has 0 aliphatic carbocycles. The number of allylic oxidation sites excluding steroid dienone is 1. The van der Waals surface area contributed by atoms with Gasteiger partial charge in [0.05, 0.1) is 0 Å². The summed E-state index contributed by atoms with van der Waals surface area (Å²) in [5.74, 6) is 0.882. The predicted octanol–water partition coefficient (Wildman–Crippen LogP) is 1.23. The Morgan fingerprint density at radius 2 is 2.33 bits per heavy atom. The van der Waals surface area contributed by atoms with Crippen LogP contribution in [-0.4, -0.2) is 31.1 Å². The van der Waals surface area contributed by atoms with E-state index in [-0.39, 0.29) is 0 Å². The summed E-state index contributed by atoms with van der Waals surface area (Å²) >= 11 is 0. The summed E-state index contributed by atoms with van der Waals surface area (Å²) in [7, 11) is 0. The van der Waals surface area contributed by atoms with E-state index < -0.39 is 0 Å². The zero-order valence-electron chi connectivity index (χ0n) is 8.00. The van der Waals surface area contributed by atoms with Crippen LogP contribution >= 0.6 is 0 Å². The van der Waals surface area contributed by atoms with E-state index in [0.717, 1.165) is 5.92 Å². The van der Waals surface area contributed by atoms with E-state index in [2.05, 4.69) is 24.0 Å². The van der Waals surface area contributed by atoms with Crippen molar-refractivity contribution in [2.45, 2.75) is 19.8 Å². The van der Waals surface area contributed by atoms with Crippen molar-refractivity contribution in [3.8, 4) is 0 Å². The van der Waals surface area contributed by atoms with E-state index in [1.807, 2.05) is 0 Å². The van der Waals surface area contributed by atoms with Crippen LogP contribution in [0.15, 0.2) is 12.2 Å². The van der Waals surface area contributed by atoms with Crippen molar-refractivity contribution in [3.05, 3.63) is 12.2 Å². The second kappa shape index (κ2) is 5.33. The van der Waals surface area contributed by atoms with E-state index >= 15 is 0 Å². The van der Waals surface area contributed by atoms with Gasteiger partial charge in [-0.2, -0.15) is 0 Å². The first-order valence-corrected chi connectivity index (χ1v) is 4.94. The van der Waals surface area contributed by atoms with Crippen molar-refractivity contribution in [3.63, 3.8) is 0 Å². The van der Waals surface area contributed by atoms with Crippen molar-refractivity contribution < 1.29 is 0 Å². The Morgan fingerprint density at radius 3 is 2.92 bits per heavy atom. The molecule has 0 amide bonds. The fourth-order valence-corrected chi connectivity index (χ4v) is 1.78. The highest BCUT2D eigenvalue weighted by atomic mass is 15.1. The first kappa shape index (κ1) is 9.75. The Kier molecular flexibility index (Phi) is 4.33. The smallest absolute Gasteiger partial charge is 0.0106 e. The first-order valence-electron chi connectivity index (χ1n) is 4.94. The lowest BCUT2D eigenvalue weighted by Gasteiger charge is -2.11. The molecule has 0 saturated carbocycles. The molecular formula is C10H20N2. The number of hydrogen-bond acceptors (Lipinski definition) is 2. The van der Waals surface area contributed by atoms with E-state index in [9.17, 15) is 0 Å². The molecule has 2 nitrogen and oxygen atoms in total. The minimum absolute atomic E-state index is 0.685. The van der Waals surface area contributed by atoms with E-state index in [1.54, 1.807) is 0 Å². The van der Waals surface area contributed by atoms with E-state index in [4.69, 9.17) is 5.73 Å². The Hall–Kier alpha value is -0.340. The van der Waals surface area contributed by atoms with Crippen LogP contribution in [0, 0.1) is 5.92 Å². The van der Waals surface area contributed by atoms with Crippen LogP contribution in [0.1, 0.15) is 19.8 Å². The van der Waals surface area contributed by atoms with Gasteiger partial charge < -0.3 is 10.6 Å². The SMILES string of the molecule is CCN1CCC(C/C=C\CN)C1. The molecule has 1 saturated heterocycles. The lowest BCUT2D eigenvalue weighted by molar-refractivity contribution is 0.342. The summed E-state index contributed by atoms with van der Waals surface area (Å²) in [5.41, 5.74) is 5.37. The molecule has 1 aliphatic rings. The van der Waals surface area contributed by atoms with Gasteiger partial charge in [-0.3, -0.25) is 0 Å². The highest BCUT2D eigenvalue weighted by molar-refractivity contribution is 4.87. The van der Waals surface area contributed by atoms with Crippen LogP contribution in [0.4, 0.5) is 0 Å². The maximum Gasteiger partial charge on any atom is 0.0106 e. The third kappa shape index (κ3) is 2.95. The van der Waals surface area contributed by atoms with Gasteiger partial charge in [0.25, 0.3) is 0 Å². The van der Waals surface area contributed by atoms with Gasteiger partial charge >= 0.3 is 0 Å². The molecule has 1 unspecified atom stereocenters. The zero-order chi connectivity index (χ0) is 8.81. The lowest BCUT2D eigenvalue weighted by atomic mass is 10.1. The van der Waals surface area contributed by atoms with Gasteiger partial charge in [-0.25, -0.2) is 0 Å². The lowest BCUT2D eigenvalue weighted by Crippen LogP contribution is -2.19. The molecule has 1 heterocycles. The maximum atomic E-state index is 5.37. The summed E-state index contributed by atoms with van der Waals surface area (Å²) in [6, 6.07) is 0. The van der Waals surface area contributed by atoms with E-state index in [0.29, 0.717) is 6.54 Å². The van der Waals surface area contributed by atoms with Crippen molar-refractivity contribution >= 4 is 0 Å². The largest absolute Gasteiger partial charge is 0.327 e. The maximum absolute atomic E-state index is 5.37. The average Bonchev–Trinajstić information content (AvgIpc) is 2.53. The second-order valence-electron chi connectivity index (χ2n) is 3.49. The molecule has 1 fully saturated rings. The summed E-state index contributed by atoms with van der Waals surface area (Å²) in [5, 5.41) is 0. The Balaban J connectivity index is 2.14. The molecule has 0 radical (unpaired) electrons. The normalized spacial score (nSPS) is 25.7. The molecule has 12 heavy (non-hydrogen) atoms. The first-order chi connectivity index (χ1) is 5.86. The van der Waals surface area contributed by atoms with E-state index in [1.165, 1.54) is 32.5 Å². The number of rotatable bonds is 4. The molecule has 2 N–H and O–H groups in total. The molecule has 70 valence electrons. The molecule has 0 spiro atoms. The van der Waals surface area contributed by atoms with Crippen LogP contribution in [0.3, 0.4) is 0 Å². The fraction of sp³-hybridized carbons (Fsp3) is 0.800. The Labute approximate surface area is 75.4 Å². The van der Waals surface area contributed by atoms with Gasteiger partial charge in [-0.15, -0.1) is 0 Å². The molecule has 1 rings (SSSR count). The molecule has 0 aromatic carbocycles. The third-order valence-electron chi connectivity index (χ3n) is 2.59. The Morgan fingerprint density at radius 1 is 1.50 bits per heavy atom. The number of hydrogen-bond donors (Lipinski definition) is 1. The second-order valence-corrected chi connectivity index (χ2v) is 3.49. The van der Waals surface area contributed by atoms with Crippen molar-refractivity contribution in [2.24, 2.45) is 11.7 Å². The van der Waals surface area contributed by atoms with Gasteiger partial charge in [0.2, 0.25) is 0 Å². The highest BCUT2D eigenvalue weighted by Crippen LogP contribution is 2.19. The predicted molar refractivity (Wildman–Crippen MR) is 53.0 cm³/mol. The van der Waals surface area contributed by atoms with Gasteiger partial charge in [0.15, 0.2) is 0 Å². The van der Waals surface area contributed by atoms with Crippen LogP contribution in [0.5, 0.6) is 0 Å². The van der Waals surface area contributed by atoms with Crippen LogP contribution in [0.25, 0.3) is 0 Å². The zero-order valence-corrected chi connectivity index (χ0v) is 8.00. The van der Waals surface area contributed by atoms with Crippen LogP contribution < -0.4 is 5.73 Å². The standard InChI is InChI=1S/C10H20N2/c1-2-12-8-6-10(9-12)5-3-4-7-11/h3-4,10H,2,5-9,11H2,1H3/b4-3-. The minimum atomic E-state index is 0.685. The average molecular weight is 168 g/mol. The van der Waals surface area contributed by atoms with Gasteiger partial charge in [-0.05, 0) is 31.8 Å². The molecule has 0 aromatic heterocycles. The number of nitrogens with two attached hydrogens (primary N) is 1. The minimum Gasteiger partial charge on any atom is -0.327 e. The third-order valence-corrected chi connectivity index (χ3v) is 2.59. The Bertz CT molecular complexity index is 143. The van der Waals surface area contributed by atoms with Crippen LogP contribution in [-0.2, 0) is 0 Å².